The number of anilines is 18. The van der Waals surface area contributed by atoms with Crippen molar-refractivity contribution in [3.63, 3.8) is 0 Å². The number of hydrogen-bond acceptors (Lipinski definition) is 10. The fourth-order valence-electron chi connectivity index (χ4n) is 15.8. The van der Waals surface area contributed by atoms with Gasteiger partial charge in [0.25, 0.3) is 13.4 Å². The van der Waals surface area contributed by atoms with E-state index in [1.807, 2.05) is 24.3 Å². The van der Waals surface area contributed by atoms with E-state index in [9.17, 15) is 0 Å². The Labute approximate surface area is 519 Å². The van der Waals surface area contributed by atoms with E-state index in [2.05, 4.69) is 284 Å². The van der Waals surface area contributed by atoms with E-state index in [1.165, 1.54) is 32.8 Å². The van der Waals surface area contributed by atoms with E-state index in [0.29, 0.717) is 0 Å². The maximum absolute atomic E-state index is 7.03. The monoisotopic (exact) mass is 1150 g/mol. The summed E-state index contributed by atoms with van der Waals surface area (Å²) in [6.07, 6.45) is 0. The molecule has 0 saturated heterocycles. The lowest BCUT2D eigenvalue weighted by atomic mass is 9.30. The molecule has 0 atom stereocenters. The van der Waals surface area contributed by atoms with Gasteiger partial charge in [-0.1, -0.05) is 140 Å². The van der Waals surface area contributed by atoms with Crippen molar-refractivity contribution in [1.29, 1.82) is 0 Å². The maximum Gasteiger partial charge on any atom is 0.252 e. The summed E-state index contributed by atoms with van der Waals surface area (Å²) in [5, 5.41) is 0. The van der Waals surface area contributed by atoms with Crippen LogP contribution < -0.4 is 81.1 Å². The molecule has 0 bridgehead atoms. The molecule has 8 aliphatic heterocycles. The fraction of sp³-hybridized carbons (Fsp3) is 0. The highest BCUT2D eigenvalue weighted by atomic mass is 16.5. The summed E-state index contributed by atoms with van der Waals surface area (Å²) in [4.78, 5) is 14.8. The van der Waals surface area contributed by atoms with Crippen LogP contribution in [0.4, 0.5) is 102 Å². The van der Waals surface area contributed by atoms with Crippen LogP contribution in [0.5, 0.6) is 46.0 Å². The van der Waals surface area contributed by atoms with Crippen LogP contribution in [0.3, 0.4) is 0 Å². The van der Waals surface area contributed by atoms with E-state index >= 15 is 0 Å². The maximum atomic E-state index is 7.03. The molecule has 0 saturated carbocycles. The zero-order valence-electron chi connectivity index (χ0n) is 48.0. The van der Waals surface area contributed by atoms with Gasteiger partial charge in [0.15, 0.2) is 46.0 Å². The Balaban J connectivity index is 0.887. The zero-order valence-corrected chi connectivity index (χ0v) is 48.0. The van der Waals surface area contributed by atoms with E-state index in [4.69, 9.17) is 18.9 Å². The summed E-state index contributed by atoms with van der Waals surface area (Å²) in [6, 6.07) is 100. The van der Waals surface area contributed by atoms with Gasteiger partial charge in [0.2, 0.25) is 0 Å². The van der Waals surface area contributed by atoms with Crippen molar-refractivity contribution in [2.75, 3.05) is 29.4 Å². The first kappa shape index (κ1) is 48.1. The molecule has 10 nitrogen and oxygen atoms in total. The second kappa shape index (κ2) is 17.8. The van der Waals surface area contributed by atoms with Crippen LogP contribution in [0.15, 0.2) is 279 Å². The van der Waals surface area contributed by atoms with Gasteiger partial charge in [-0.2, -0.15) is 0 Å². The first-order chi connectivity index (χ1) is 44.7. The van der Waals surface area contributed by atoms with Crippen molar-refractivity contribution in [1.82, 2.24) is 0 Å². The van der Waals surface area contributed by atoms with Gasteiger partial charge in [0.05, 0.1) is 56.9 Å². The van der Waals surface area contributed by atoms with E-state index in [0.717, 1.165) is 148 Å². The molecule has 0 fully saturated rings. The Bertz CT molecular complexity index is 4900. The minimum absolute atomic E-state index is 0.247. The smallest absolute Gasteiger partial charge is 0.252 e. The second-order valence-electron chi connectivity index (χ2n) is 23.9. The first-order valence-corrected chi connectivity index (χ1v) is 30.6. The molecule has 0 aromatic heterocycles. The highest BCUT2D eigenvalue weighted by Gasteiger charge is 2.51. The predicted molar refractivity (Wildman–Crippen MR) is 364 cm³/mol. The van der Waals surface area contributed by atoms with E-state index in [1.54, 1.807) is 0 Å². The quantitative estimate of drug-likeness (QED) is 0.159. The van der Waals surface area contributed by atoms with Crippen molar-refractivity contribution in [2.24, 2.45) is 0 Å². The van der Waals surface area contributed by atoms with E-state index in [-0.39, 0.29) is 13.4 Å². The van der Waals surface area contributed by atoms with Crippen LogP contribution in [-0.4, -0.2) is 13.4 Å². The molecule has 0 N–H and O–H groups in total. The SMILES string of the molecule is c1ccc(N2c3cc4c(cc3B3c5cccc6c5N(c5ccccc5O6)c5cc(N6c7ccccc7Oc7ccccc76)cc2c53)B2c3cccc5c3N(c3ccccc3O5)c3cc(N5c6ccccc6Oc6ccccc65)cc(c32)N4c2ccccc2)cc1. The van der Waals surface area contributed by atoms with Gasteiger partial charge in [-0.25, -0.2) is 0 Å². The molecule has 12 heteroatoms. The largest absolute Gasteiger partial charge is 0.453 e. The molecule has 0 amide bonds. The van der Waals surface area contributed by atoms with Gasteiger partial charge in [0.1, 0.15) is 0 Å². The first-order valence-electron chi connectivity index (χ1n) is 30.6. The summed E-state index contributed by atoms with van der Waals surface area (Å²) in [5.74, 6) is 6.39. The Morgan fingerprint density at radius 2 is 0.467 bits per heavy atom. The van der Waals surface area contributed by atoms with Gasteiger partial charge in [-0.3, -0.25) is 0 Å². The van der Waals surface area contributed by atoms with E-state index < -0.39 is 0 Å². The van der Waals surface area contributed by atoms with Crippen LogP contribution in [0.1, 0.15) is 0 Å². The number of fused-ring (bicyclic) bond motifs is 16. The molecule has 0 unspecified atom stereocenters. The molecule has 21 rings (SSSR count). The molecule has 8 aliphatic rings. The number of nitrogens with zero attached hydrogens (tertiary/aromatic N) is 6. The Morgan fingerprint density at radius 1 is 0.189 bits per heavy atom. The van der Waals surface area contributed by atoms with Crippen molar-refractivity contribution < 1.29 is 18.9 Å². The molecule has 8 heterocycles. The highest BCUT2D eigenvalue weighted by Crippen LogP contribution is 2.60. The average molecular weight is 1150 g/mol. The summed E-state index contributed by atoms with van der Waals surface area (Å²) in [6.45, 7) is -0.494. The minimum atomic E-state index is -0.247. The molecule has 0 radical (unpaired) electrons. The van der Waals surface area contributed by atoms with Gasteiger partial charge in [-0.05, 0) is 172 Å². The molecule has 0 spiro atoms. The van der Waals surface area contributed by atoms with Crippen molar-refractivity contribution in [3.8, 4) is 46.0 Å². The van der Waals surface area contributed by atoms with Crippen molar-refractivity contribution >= 4 is 149 Å². The lowest BCUT2D eigenvalue weighted by Crippen LogP contribution is -2.65. The zero-order chi connectivity index (χ0) is 58.4. The molecule has 0 aliphatic carbocycles. The number of rotatable bonds is 4. The summed E-state index contributed by atoms with van der Waals surface area (Å²) in [5.41, 5.74) is 25.5. The number of para-hydroxylation sites is 16. The minimum Gasteiger partial charge on any atom is -0.453 e. The van der Waals surface area contributed by atoms with Gasteiger partial charge in [-0.15, -0.1) is 0 Å². The fourth-order valence-corrected chi connectivity index (χ4v) is 15.8. The van der Waals surface area contributed by atoms with Crippen LogP contribution in [0, 0.1) is 0 Å². The van der Waals surface area contributed by atoms with Crippen LogP contribution >= 0.6 is 0 Å². The number of ether oxygens (including phenoxy) is 4. The lowest BCUT2D eigenvalue weighted by Gasteiger charge is -2.49. The normalized spacial score (nSPS) is 14.4. The summed E-state index contributed by atoms with van der Waals surface area (Å²) >= 11 is 0. The van der Waals surface area contributed by atoms with Gasteiger partial charge < -0.3 is 48.3 Å². The Morgan fingerprint density at radius 3 is 0.822 bits per heavy atom. The molecule has 90 heavy (non-hydrogen) atoms. The highest BCUT2D eigenvalue weighted by molar-refractivity contribution is 7.03. The molecule has 13 aromatic carbocycles. The van der Waals surface area contributed by atoms with Crippen molar-refractivity contribution in [2.45, 2.75) is 0 Å². The van der Waals surface area contributed by atoms with Gasteiger partial charge >= 0.3 is 0 Å². The van der Waals surface area contributed by atoms with Crippen LogP contribution in [0.2, 0.25) is 0 Å². The predicted octanol–water partition coefficient (Wildman–Crippen LogP) is 17.2. The number of hydrogen-bond donors (Lipinski definition) is 0. The molecular weight excluding hydrogens is 1110 g/mol. The lowest BCUT2D eigenvalue weighted by molar-refractivity contribution is 0.476. The Kier molecular flexibility index (Phi) is 9.53. The molecule has 418 valence electrons. The Hall–Kier alpha value is -12.0. The topological polar surface area (TPSA) is 56.4 Å². The van der Waals surface area contributed by atoms with Crippen molar-refractivity contribution in [3.05, 3.63) is 279 Å². The third-order valence-electron chi connectivity index (χ3n) is 19.3. The molecular formula is C78H46B2N6O4. The molecule has 13 aromatic rings. The third-order valence-corrected chi connectivity index (χ3v) is 19.3. The summed E-state index contributed by atoms with van der Waals surface area (Å²) < 4.78 is 27.5. The van der Waals surface area contributed by atoms with Crippen LogP contribution in [-0.2, 0) is 0 Å². The van der Waals surface area contributed by atoms with Gasteiger partial charge in [0, 0.05) is 45.5 Å². The van der Waals surface area contributed by atoms with Crippen LogP contribution in [0.25, 0.3) is 0 Å². The third kappa shape index (κ3) is 6.42. The summed E-state index contributed by atoms with van der Waals surface area (Å²) in [7, 11) is 0. The second-order valence-corrected chi connectivity index (χ2v) is 23.9. The standard InChI is InChI=1S/C78H46B2N6O4/c1-3-21-47(22-4-1)81-61-46-62-54(45-53(61)79-51-25-19-39-73-77(51)85(59-31-11-17-37-71(59)89-73)65-43-49(41-63(81)75(65)79)83-55-27-7-13-33-67(55)87-68-34-14-8-28-56(68)83)80-52-26-20-40-74-78(52)86(60-32-12-18-38-72(60)90-74)66-44-50(42-64(76(66)80)82(62)48-23-5-2-6-24-48)84-57-29-9-15-35-69(57)88-70-36-16-10-30-58(70)84/h1-46H. The average Bonchev–Trinajstić information content (AvgIpc) is 0.692. The number of benzene rings is 13.